The first-order valence-corrected chi connectivity index (χ1v) is 6.58. The highest BCUT2D eigenvalue weighted by Crippen LogP contribution is 2.18. The predicted octanol–water partition coefficient (Wildman–Crippen LogP) is 3.48. The molecule has 0 spiro atoms. The number of benzene rings is 1. The highest BCUT2D eigenvalue weighted by Gasteiger charge is 2.15. The predicted molar refractivity (Wildman–Crippen MR) is 69.5 cm³/mol. The SMILES string of the molecule is CCc1cccc(CN2CCC(C)CC2)c1. The molecular formula is C15H23N. The summed E-state index contributed by atoms with van der Waals surface area (Å²) in [5.74, 6) is 0.929. The Bertz CT molecular complexity index is 324. The first kappa shape index (κ1) is 11.7. The van der Waals surface area contributed by atoms with Gasteiger partial charge in [0.15, 0.2) is 0 Å². The summed E-state index contributed by atoms with van der Waals surface area (Å²) < 4.78 is 0. The zero-order valence-corrected chi connectivity index (χ0v) is 10.6. The van der Waals surface area contributed by atoms with Crippen LogP contribution in [0, 0.1) is 5.92 Å². The summed E-state index contributed by atoms with van der Waals surface area (Å²) in [4.78, 5) is 2.59. The van der Waals surface area contributed by atoms with E-state index in [0.29, 0.717) is 0 Å². The van der Waals surface area contributed by atoms with Crippen LogP contribution in [0.4, 0.5) is 0 Å². The Hall–Kier alpha value is -0.820. The molecule has 1 heteroatoms. The third-order valence-corrected chi connectivity index (χ3v) is 3.68. The maximum atomic E-state index is 2.59. The van der Waals surface area contributed by atoms with Crippen LogP contribution in [0.1, 0.15) is 37.8 Å². The van der Waals surface area contributed by atoms with Gasteiger partial charge >= 0.3 is 0 Å². The molecule has 0 aliphatic carbocycles. The molecule has 1 fully saturated rings. The third kappa shape index (κ3) is 3.08. The van der Waals surface area contributed by atoms with E-state index >= 15 is 0 Å². The summed E-state index contributed by atoms with van der Waals surface area (Å²) in [6.07, 6.45) is 3.88. The van der Waals surface area contributed by atoms with Crippen LogP contribution in [0.3, 0.4) is 0 Å². The highest BCUT2D eigenvalue weighted by molar-refractivity contribution is 5.23. The molecule has 1 aliphatic rings. The maximum Gasteiger partial charge on any atom is 0.0233 e. The average molecular weight is 217 g/mol. The summed E-state index contributed by atoms with van der Waals surface area (Å²) >= 11 is 0. The van der Waals surface area contributed by atoms with Gasteiger partial charge in [0.25, 0.3) is 0 Å². The second-order valence-corrected chi connectivity index (χ2v) is 5.13. The Morgan fingerprint density at radius 1 is 1.19 bits per heavy atom. The van der Waals surface area contributed by atoms with E-state index < -0.39 is 0 Å². The van der Waals surface area contributed by atoms with Gasteiger partial charge in [0.05, 0.1) is 0 Å². The molecule has 0 amide bonds. The monoisotopic (exact) mass is 217 g/mol. The van der Waals surface area contributed by atoms with E-state index in [2.05, 4.69) is 43.0 Å². The van der Waals surface area contributed by atoms with Crippen LogP contribution in [-0.2, 0) is 13.0 Å². The van der Waals surface area contributed by atoms with Crippen molar-refractivity contribution >= 4 is 0 Å². The van der Waals surface area contributed by atoms with Crippen molar-refractivity contribution in [3.63, 3.8) is 0 Å². The van der Waals surface area contributed by atoms with Crippen molar-refractivity contribution in [2.75, 3.05) is 13.1 Å². The van der Waals surface area contributed by atoms with Gasteiger partial charge in [0.2, 0.25) is 0 Å². The lowest BCUT2D eigenvalue weighted by molar-refractivity contribution is 0.185. The van der Waals surface area contributed by atoms with Gasteiger partial charge in [-0.1, -0.05) is 38.1 Å². The van der Waals surface area contributed by atoms with Crippen LogP contribution >= 0.6 is 0 Å². The van der Waals surface area contributed by atoms with E-state index in [1.165, 1.54) is 37.1 Å². The van der Waals surface area contributed by atoms with Crippen molar-refractivity contribution in [2.24, 2.45) is 5.92 Å². The quantitative estimate of drug-likeness (QED) is 0.749. The van der Waals surface area contributed by atoms with Gasteiger partial charge in [-0.05, 0) is 49.4 Å². The van der Waals surface area contributed by atoms with Crippen molar-refractivity contribution in [3.8, 4) is 0 Å². The summed E-state index contributed by atoms with van der Waals surface area (Å²) in [6.45, 7) is 8.28. The van der Waals surface area contributed by atoms with E-state index in [4.69, 9.17) is 0 Å². The van der Waals surface area contributed by atoms with Gasteiger partial charge in [-0.3, -0.25) is 4.90 Å². The summed E-state index contributed by atoms with van der Waals surface area (Å²) in [6, 6.07) is 9.04. The molecule has 1 aromatic carbocycles. The zero-order valence-electron chi connectivity index (χ0n) is 10.6. The molecule has 0 unspecified atom stereocenters. The molecule has 88 valence electrons. The Kier molecular flexibility index (Phi) is 4.00. The molecule has 1 aliphatic heterocycles. The number of likely N-dealkylation sites (tertiary alicyclic amines) is 1. The van der Waals surface area contributed by atoms with E-state index in [1.807, 2.05) is 0 Å². The minimum absolute atomic E-state index is 0.929. The smallest absolute Gasteiger partial charge is 0.0233 e. The minimum atomic E-state index is 0.929. The van der Waals surface area contributed by atoms with Crippen molar-refractivity contribution < 1.29 is 0 Å². The van der Waals surface area contributed by atoms with Gasteiger partial charge in [-0.2, -0.15) is 0 Å². The molecule has 0 N–H and O–H groups in total. The molecule has 1 heterocycles. The molecule has 1 saturated heterocycles. The third-order valence-electron chi connectivity index (χ3n) is 3.68. The molecular weight excluding hydrogens is 194 g/mol. The van der Waals surface area contributed by atoms with Crippen molar-refractivity contribution in [2.45, 2.75) is 39.7 Å². The number of hydrogen-bond acceptors (Lipinski definition) is 1. The lowest BCUT2D eigenvalue weighted by atomic mass is 9.98. The van der Waals surface area contributed by atoms with Gasteiger partial charge in [0.1, 0.15) is 0 Å². The van der Waals surface area contributed by atoms with Gasteiger partial charge < -0.3 is 0 Å². The standard InChI is InChI=1S/C15H23N/c1-3-14-5-4-6-15(11-14)12-16-9-7-13(2)8-10-16/h4-6,11,13H,3,7-10,12H2,1-2H3. The first-order chi connectivity index (χ1) is 7.78. The topological polar surface area (TPSA) is 3.24 Å². The Morgan fingerprint density at radius 3 is 2.56 bits per heavy atom. The van der Waals surface area contributed by atoms with E-state index in [0.717, 1.165) is 18.9 Å². The first-order valence-electron chi connectivity index (χ1n) is 6.58. The molecule has 0 bridgehead atoms. The summed E-state index contributed by atoms with van der Waals surface area (Å²) in [5.41, 5.74) is 2.94. The largest absolute Gasteiger partial charge is 0.299 e. The molecule has 0 radical (unpaired) electrons. The Balaban J connectivity index is 1.93. The molecule has 2 rings (SSSR count). The molecule has 0 atom stereocenters. The maximum absolute atomic E-state index is 2.59. The second kappa shape index (κ2) is 5.49. The zero-order chi connectivity index (χ0) is 11.4. The van der Waals surface area contributed by atoms with Crippen molar-refractivity contribution in [1.82, 2.24) is 4.90 Å². The van der Waals surface area contributed by atoms with Crippen molar-refractivity contribution in [3.05, 3.63) is 35.4 Å². The van der Waals surface area contributed by atoms with Gasteiger partial charge in [-0.25, -0.2) is 0 Å². The summed E-state index contributed by atoms with van der Waals surface area (Å²) in [7, 11) is 0. The van der Waals surface area contributed by atoms with Crippen LogP contribution in [0.15, 0.2) is 24.3 Å². The van der Waals surface area contributed by atoms with Crippen LogP contribution in [-0.4, -0.2) is 18.0 Å². The number of aryl methyl sites for hydroxylation is 1. The van der Waals surface area contributed by atoms with Crippen LogP contribution in [0.2, 0.25) is 0 Å². The fourth-order valence-corrected chi connectivity index (χ4v) is 2.43. The lowest BCUT2D eigenvalue weighted by Crippen LogP contribution is -2.32. The van der Waals surface area contributed by atoms with Crippen LogP contribution in [0.5, 0.6) is 0 Å². The average Bonchev–Trinajstić information content (AvgIpc) is 2.32. The molecule has 0 saturated carbocycles. The lowest BCUT2D eigenvalue weighted by Gasteiger charge is -2.30. The van der Waals surface area contributed by atoms with E-state index in [1.54, 1.807) is 0 Å². The van der Waals surface area contributed by atoms with Gasteiger partial charge in [0, 0.05) is 6.54 Å². The normalized spacial score (nSPS) is 18.9. The van der Waals surface area contributed by atoms with E-state index in [9.17, 15) is 0 Å². The van der Waals surface area contributed by atoms with Crippen LogP contribution in [0.25, 0.3) is 0 Å². The molecule has 1 nitrogen and oxygen atoms in total. The highest BCUT2D eigenvalue weighted by atomic mass is 15.1. The minimum Gasteiger partial charge on any atom is -0.299 e. The fraction of sp³-hybridized carbons (Fsp3) is 0.600. The number of hydrogen-bond donors (Lipinski definition) is 0. The second-order valence-electron chi connectivity index (χ2n) is 5.13. The Labute approximate surface area is 99.5 Å². The molecule has 0 aromatic heterocycles. The number of nitrogens with zero attached hydrogens (tertiary/aromatic N) is 1. The fourth-order valence-electron chi connectivity index (χ4n) is 2.43. The van der Waals surface area contributed by atoms with Crippen LogP contribution < -0.4 is 0 Å². The van der Waals surface area contributed by atoms with Gasteiger partial charge in [-0.15, -0.1) is 0 Å². The molecule has 16 heavy (non-hydrogen) atoms. The molecule has 1 aromatic rings. The van der Waals surface area contributed by atoms with E-state index in [-0.39, 0.29) is 0 Å². The summed E-state index contributed by atoms with van der Waals surface area (Å²) in [5, 5.41) is 0. The Morgan fingerprint density at radius 2 is 1.88 bits per heavy atom. The number of rotatable bonds is 3. The number of piperidine rings is 1. The van der Waals surface area contributed by atoms with Crippen molar-refractivity contribution in [1.29, 1.82) is 0 Å².